The Kier molecular flexibility index (Phi) is 4.21. The number of nitriles is 2. The van der Waals surface area contributed by atoms with Gasteiger partial charge in [0.05, 0.1) is 0 Å². The Morgan fingerprint density at radius 1 is 1.00 bits per heavy atom. The van der Waals surface area contributed by atoms with Crippen LogP contribution >= 0.6 is 0 Å². The van der Waals surface area contributed by atoms with Crippen molar-refractivity contribution >= 4 is 17.5 Å². The summed E-state index contributed by atoms with van der Waals surface area (Å²) in [6.07, 6.45) is 4.31. The number of aliphatic imine (C=N–C) groups is 2. The summed E-state index contributed by atoms with van der Waals surface area (Å²) in [5.41, 5.74) is 2.68. The summed E-state index contributed by atoms with van der Waals surface area (Å²) < 4.78 is 0. The minimum atomic E-state index is 0.0667. The summed E-state index contributed by atoms with van der Waals surface area (Å²) in [5.74, 6) is 0. The summed E-state index contributed by atoms with van der Waals surface area (Å²) in [5, 5.41) is 18.0. The molecule has 0 amide bonds. The first-order valence-corrected chi connectivity index (χ1v) is 6.12. The second-order valence-corrected chi connectivity index (χ2v) is 4.29. The molecule has 96 valence electrons. The molecule has 1 aromatic carbocycles. The molecule has 0 saturated heterocycles. The van der Waals surface area contributed by atoms with E-state index in [9.17, 15) is 0 Å². The molecule has 0 atom stereocenters. The van der Waals surface area contributed by atoms with Gasteiger partial charge in [-0.05, 0) is 18.6 Å². The Morgan fingerprint density at radius 3 is 2.30 bits per heavy atom. The number of benzene rings is 1. The number of hydrogen-bond acceptors (Lipinski definition) is 4. The van der Waals surface area contributed by atoms with Gasteiger partial charge in [0, 0.05) is 17.8 Å². The second-order valence-electron chi connectivity index (χ2n) is 4.29. The minimum Gasteiger partial charge on any atom is -0.244 e. The Labute approximate surface area is 117 Å². The van der Waals surface area contributed by atoms with Gasteiger partial charge >= 0.3 is 0 Å². The third-order valence-electron chi connectivity index (χ3n) is 2.70. The summed E-state index contributed by atoms with van der Waals surface area (Å²) in [6, 6.07) is 13.7. The first-order valence-electron chi connectivity index (χ1n) is 6.12. The number of allylic oxidation sites excluding steroid dienone is 3. The van der Waals surface area contributed by atoms with Crippen LogP contribution in [0.1, 0.15) is 18.9 Å². The smallest absolute Gasteiger partial charge is 0.177 e. The van der Waals surface area contributed by atoms with E-state index in [1.54, 1.807) is 0 Å². The average molecular weight is 260 g/mol. The van der Waals surface area contributed by atoms with Crippen molar-refractivity contribution in [2.24, 2.45) is 9.98 Å². The number of nitrogens with zero attached hydrogens (tertiary/aromatic N) is 4. The van der Waals surface area contributed by atoms with Crippen molar-refractivity contribution in [1.82, 2.24) is 0 Å². The largest absolute Gasteiger partial charge is 0.244 e. The standard InChI is InChI=1S/C16H12N4/c1-12-9-14(8-7-13-5-3-2-4-6-13)20-16(11-18)15(10-17)19-12/h2-8H,9H2,1H3/b8-7+. The third kappa shape index (κ3) is 3.28. The molecular formula is C16H12N4. The second kappa shape index (κ2) is 6.26. The van der Waals surface area contributed by atoms with Crippen LogP contribution < -0.4 is 0 Å². The van der Waals surface area contributed by atoms with Gasteiger partial charge in [-0.3, -0.25) is 0 Å². The fourth-order valence-corrected chi connectivity index (χ4v) is 1.79. The molecule has 4 nitrogen and oxygen atoms in total. The van der Waals surface area contributed by atoms with Crippen molar-refractivity contribution < 1.29 is 0 Å². The van der Waals surface area contributed by atoms with Crippen LogP contribution in [-0.2, 0) is 0 Å². The highest BCUT2D eigenvalue weighted by Gasteiger charge is 2.11. The molecule has 0 bridgehead atoms. The summed E-state index contributed by atoms with van der Waals surface area (Å²) >= 11 is 0. The van der Waals surface area contributed by atoms with E-state index >= 15 is 0 Å². The molecular weight excluding hydrogens is 248 g/mol. The predicted molar refractivity (Wildman–Crippen MR) is 78.9 cm³/mol. The first-order chi connectivity index (χ1) is 9.72. The van der Waals surface area contributed by atoms with Crippen LogP contribution in [0.25, 0.3) is 6.08 Å². The normalized spacial score (nSPS) is 15.2. The number of rotatable bonds is 2. The maximum absolute atomic E-state index is 9.05. The molecule has 0 aliphatic carbocycles. The lowest BCUT2D eigenvalue weighted by Gasteiger charge is -1.98. The Hall–Kier alpha value is -2.98. The molecule has 20 heavy (non-hydrogen) atoms. The molecule has 2 rings (SSSR count). The fraction of sp³-hybridized carbons (Fsp3) is 0.125. The van der Waals surface area contributed by atoms with Crippen LogP contribution in [0.3, 0.4) is 0 Å². The van der Waals surface area contributed by atoms with Gasteiger partial charge in [-0.25, -0.2) is 9.98 Å². The summed E-state index contributed by atoms with van der Waals surface area (Å²) in [4.78, 5) is 8.34. The highest BCUT2D eigenvalue weighted by Crippen LogP contribution is 2.14. The molecule has 1 heterocycles. The molecule has 1 aromatic rings. The average Bonchev–Trinajstić information content (AvgIpc) is 2.64. The zero-order valence-corrected chi connectivity index (χ0v) is 11.0. The first kappa shape index (κ1) is 13.5. The van der Waals surface area contributed by atoms with Gasteiger partial charge in [-0.2, -0.15) is 10.5 Å². The van der Waals surface area contributed by atoms with Gasteiger partial charge in [-0.1, -0.05) is 36.4 Å². The summed E-state index contributed by atoms with van der Waals surface area (Å²) in [7, 11) is 0. The van der Waals surface area contributed by atoms with Gasteiger partial charge in [0.15, 0.2) is 11.4 Å². The Bertz CT molecular complexity index is 707. The van der Waals surface area contributed by atoms with Gasteiger partial charge in [0.1, 0.15) is 12.1 Å². The van der Waals surface area contributed by atoms with Crippen molar-refractivity contribution in [3.05, 3.63) is 53.4 Å². The lowest BCUT2D eigenvalue weighted by molar-refractivity contribution is 1.27. The van der Waals surface area contributed by atoms with Gasteiger partial charge in [-0.15, -0.1) is 0 Å². The monoisotopic (exact) mass is 260 g/mol. The van der Waals surface area contributed by atoms with Gasteiger partial charge in [0.2, 0.25) is 0 Å². The molecule has 0 spiro atoms. The topological polar surface area (TPSA) is 72.3 Å². The van der Waals surface area contributed by atoms with Crippen molar-refractivity contribution in [2.45, 2.75) is 13.3 Å². The number of hydrogen-bond donors (Lipinski definition) is 0. The van der Waals surface area contributed by atoms with Crippen molar-refractivity contribution in [2.75, 3.05) is 0 Å². The zero-order valence-electron chi connectivity index (χ0n) is 11.0. The molecule has 0 N–H and O–H groups in total. The van der Waals surface area contributed by atoms with Crippen LogP contribution in [0.4, 0.5) is 0 Å². The van der Waals surface area contributed by atoms with E-state index < -0.39 is 0 Å². The summed E-state index contributed by atoms with van der Waals surface area (Å²) in [6.45, 7) is 1.82. The van der Waals surface area contributed by atoms with E-state index in [1.165, 1.54) is 0 Å². The maximum Gasteiger partial charge on any atom is 0.177 e. The molecule has 1 aliphatic rings. The molecule has 1 aliphatic heterocycles. The third-order valence-corrected chi connectivity index (χ3v) is 2.70. The lowest BCUT2D eigenvalue weighted by atomic mass is 10.1. The highest BCUT2D eigenvalue weighted by atomic mass is 14.9. The van der Waals surface area contributed by atoms with E-state index in [4.69, 9.17) is 10.5 Å². The van der Waals surface area contributed by atoms with E-state index in [2.05, 4.69) is 9.98 Å². The van der Waals surface area contributed by atoms with Gasteiger partial charge < -0.3 is 0 Å². The fourth-order valence-electron chi connectivity index (χ4n) is 1.79. The zero-order chi connectivity index (χ0) is 14.4. The molecule has 0 unspecified atom stereocenters. The van der Waals surface area contributed by atoms with Crippen LogP contribution in [0.5, 0.6) is 0 Å². The van der Waals surface area contributed by atoms with Crippen LogP contribution in [0.15, 0.2) is 57.8 Å². The quantitative estimate of drug-likeness (QED) is 0.818. The van der Waals surface area contributed by atoms with Crippen LogP contribution in [0, 0.1) is 22.7 Å². The predicted octanol–water partition coefficient (Wildman–Crippen LogP) is 3.26. The maximum atomic E-state index is 9.05. The molecule has 4 heteroatoms. The van der Waals surface area contributed by atoms with Crippen LogP contribution in [0.2, 0.25) is 0 Å². The van der Waals surface area contributed by atoms with Gasteiger partial charge in [0.25, 0.3) is 0 Å². The lowest BCUT2D eigenvalue weighted by Crippen LogP contribution is -2.00. The van der Waals surface area contributed by atoms with E-state index in [-0.39, 0.29) is 11.4 Å². The van der Waals surface area contributed by atoms with Crippen LogP contribution in [-0.4, -0.2) is 11.4 Å². The van der Waals surface area contributed by atoms with E-state index in [0.29, 0.717) is 6.42 Å². The molecule has 0 fully saturated rings. The van der Waals surface area contributed by atoms with Crippen molar-refractivity contribution in [3.8, 4) is 12.1 Å². The molecule has 0 radical (unpaired) electrons. The Balaban J connectivity index is 2.34. The van der Waals surface area contributed by atoms with E-state index in [1.807, 2.05) is 61.5 Å². The van der Waals surface area contributed by atoms with Crippen molar-refractivity contribution in [1.29, 1.82) is 10.5 Å². The SMILES string of the molecule is CC1=NC(C#N)=C(C#N)N=C(/C=C/c2ccccc2)C1. The minimum absolute atomic E-state index is 0.0667. The Morgan fingerprint density at radius 2 is 1.65 bits per heavy atom. The molecule has 0 aromatic heterocycles. The van der Waals surface area contributed by atoms with E-state index in [0.717, 1.165) is 17.0 Å². The molecule has 0 saturated carbocycles. The highest BCUT2D eigenvalue weighted by molar-refractivity contribution is 6.11. The van der Waals surface area contributed by atoms with Crippen molar-refractivity contribution in [3.63, 3.8) is 0 Å².